The molecule has 3 nitrogen and oxygen atoms in total. The molecule has 23 heavy (non-hydrogen) atoms. The minimum absolute atomic E-state index is 0.770. The molecule has 0 atom stereocenters. The molecule has 1 aromatic heterocycles. The van der Waals surface area contributed by atoms with Crippen LogP contribution in [0.4, 0.5) is 11.6 Å². The Morgan fingerprint density at radius 3 is 2.70 bits per heavy atom. The van der Waals surface area contributed by atoms with Crippen LogP contribution in [0.3, 0.4) is 0 Å². The lowest BCUT2D eigenvalue weighted by Gasteiger charge is -2.13. The number of hydrogen-bond donors (Lipinski definition) is 0. The van der Waals surface area contributed by atoms with Gasteiger partial charge in [-0.3, -0.25) is 4.99 Å². The number of rotatable bonds is 3. The predicted octanol–water partition coefficient (Wildman–Crippen LogP) is 5.55. The fourth-order valence-electron chi connectivity index (χ4n) is 3.03. The van der Waals surface area contributed by atoms with E-state index in [1.54, 1.807) is 6.21 Å². The molecule has 0 N–H and O–H groups in total. The number of anilines is 1. The van der Waals surface area contributed by atoms with Gasteiger partial charge in [-0.05, 0) is 40.2 Å². The smallest absolute Gasteiger partial charge is 0.210 e. The van der Waals surface area contributed by atoms with Crippen LogP contribution in [-0.4, -0.2) is 19.3 Å². The number of nitrogens with zero attached hydrogens (tertiary/aromatic N) is 2. The van der Waals surface area contributed by atoms with E-state index in [0.717, 1.165) is 40.3 Å². The summed E-state index contributed by atoms with van der Waals surface area (Å²) in [4.78, 5) is 6.90. The van der Waals surface area contributed by atoms with Gasteiger partial charge >= 0.3 is 0 Å². The molecule has 0 bridgehead atoms. The van der Waals surface area contributed by atoms with Crippen LogP contribution in [0, 0.1) is 0 Å². The first-order valence-electron chi connectivity index (χ1n) is 7.87. The largest absolute Gasteiger partial charge is 0.438 e. The third-order valence-corrected chi connectivity index (χ3v) is 4.75. The Morgan fingerprint density at radius 1 is 1.04 bits per heavy atom. The zero-order chi connectivity index (χ0) is 15.6. The standard InChI is InChI=1S/C19H17BrN2O/c20-17-12-15(23-19(17)22-10-3-4-11-22)13-21-18-9-5-7-14-6-1-2-8-16(14)18/h1-2,5-9,12-13H,3-4,10-11H2. The van der Waals surface area contributed by atoms with E-state index in [1.165, 1.54) is 18.2 Å². The van der Waals surface area contributed by atoms with Gasteiger partial charge in [0, 0.05) is 24.5 Å². The second-order valence-electron chi connectivity index (χ2n) is 5.75. The van der Waals surface area contributed by atoms with Crippen LogP contribution in [0.25, 0.3) is 10.8 Å². The summed E-state index contributed by atoms with van der Waals surface area (Å²) in [5.74, 6) is 1.69. The van der Waals surface area contributed by atoms with Crippen LogP contribution in [0.1, 0.15) is 18.6 Å². The molecule has 4 rings (SSSR count). The van der Waals surface area contributed by atoms with Crippen LogP contribution in [-0.2, 0) is 0 Å². The first-order chi connectivity index (χ1) is 11.3. The van der Waals surface area contributed by atoms with Crippen LogP contribution in [0.2, 0.25) is 0 Å². The van der Waals surface area contributed by atoms with Crippen molar-refractivity contribution in [1.82, 2.24) is 0 Å². The number of aliphatic imine (C=N–C) groups is 1. The highest BCUT2D eigenvalue weighted by atomic mass is 79.9. The molecule has 1 aliphatic heterocycles. The highest BCUT2D eigenvalue weighted by Crippen LogP contribution is 2.32. The van der Waals surface area contributed by atoms with Crippen molar-refractivity contribution in [3.8, 4) is 0 Å². The van der Waals surface area contributed by atoms with Crippen molar-refractivity contribution in [2.75, 3.05) is 18.0 Å². The van der Waals surface area contributed by atoms with Gasteiger partial charge in [0.25, 0.3) is 0 Å². The minimum Gasteiger partial charge on any atom is -0.438 e. The summed E-state index contributed by atoms with van der Waals surface area (Å²) in [7, 11) is 0. The van der Waals surface area contributed by atoms with Crippen LogP contribution < -0.4 is 4.90 Å². The molecule has 0 aliphatic carbocycles. The SMILES string of the molecule is Brc1cc(C=Nc2cccc3ccccc23)oc1N1CCCC1. The van der Waals surface area contributed by atoms with Crippen molar-refractivity contribution in [3.05, 3.63) is 58.8 Å². The second-order valence-corrected chi connectivity index (χ2v) is 6.61. The molecule has 0 amide bonds. The van der Waals surface area contributed by atoms with Gasteiger partial charge in [0.2, 0.25) is 5.88 Å². The lowest BCUT2D eigenvalue weighted by Crippen LogP contribution is -2.17. The normalized spacial score (nSPS) is 15.1. The van der Waals surface area contributed by atoms with E-state index >= 15 is 0 Å². The molecule has 3 aromatic rings. The lowest BCUT2D eigenvalue weighted by molar-refractivity contribution is 0.549. The summed E-state index contributed by atoms with van der Waals surface area (Å²) in [6, 6.07) is 16.4. The highest BCUT2D eigenvalue weighted by Gasteiger charge is 2.19. The van der Waals surface area contributed by atoms with E-state index in [9.17, 15) is 0 Å². The third-order valence-electron chi connectivity index (χ3n) is 4.18. The summed E-state index contributed by atoms with van der Waals surface area (Å²) < 4.78 is 6.96. The van der Waals surface area contributed by atoms with Crippen LogP contribution >= 0.6 is 15.9 Å². The zero-order valence-corrected chi connectivity index (χ0v) is 14.3. The summed E-state index contributed by atoms with van der Waals surface area (Å²) in [6.07, 6.45) is 4.26. The van der Waals surface area contributed by atoms with E-state index in [1.807, 2.05) is 30.3 Å². The van der Waals surface area contributed by atoms with Gasteiger partial charge in [-0.2, -0.15) is 0 Å². The summed E-state index contributed by atoms with van der Waals surface area (Å²) >= 11 is 3.60. The van der Waals surface area contributed by atoms with Crippen LogP contribution in [0.5, 0.6) is 0 Å². The van der Waals surface area contributed by atoms with Gasteiger partial charge < -0.3 is 9.32 Å². The molecule has 0 unspecified atom stereocenters. The van der Waals surface area contributed by atoms with Gasteiger partial charge in [-0.15, -0.1) is 0 Å². The van der Waals surface area contributed by atoms with Crippen molar-refractivity contribution < 1.29 is 4.42 Å². The number of benzene rings is 2. The number of fused-ring (bicyclic) bond motifs is 1. The number of hydrogen-bond acceptors (Lipinski definition) is 3. The molecule has 2 heterocycles. The molecule has 116 valence electrons. The van der Waals surface area contributed by atoms with Crippen molar-refractivity contribution in [2.45, 2.75) is 12.8 Å². The van der Waals surface area contributed by atoms with E-state index in [4.69, 9.17) is 4.42 Å². The lowest BCUT2D eigenvalue weighted by atomic mass is 10.1. The third kappa shape index (κ3) is 2.91. The number of halogens is 1. The van der Waals surface area contributed by atoms with Crippen molar-refractivity contribution in [3.63, 3.8) is 0 Å². The van der Waals surface area contributed by atoms with E-state index in [2.05, 4.69) is 44.0 Å². The molecule has 1 saturated heterocycles. The van der Waals surface area contributed by atoms with Gasteiger partial charge in [0.1, 0.15) is 5.76 Å². The summed E-state index contributed by atoms with van der Waals surface area (Å²) in [5, 5.41) is 2.34. The fraction of sp³-hybridized carbons (Fsp3) is 0.211. The van der Waals surface area contributed by atoms with Crippen molar-refractivity contribution >= 4 is 44.5 Å². The van der Waals surface area contributed by atoms with Crippen molar-refractivity contribution in [1.29, 1.82) is 0 Å². The quantitative estimate of drug-likeness (QED) is 0.567. The molecule has 0 saturated carbocycles. The molecule has 2 aromatic carbocycles. The minimum atomic E-state index is 0.770. The van der Waals surface area contributed by atoms with Crippen LogP contribution in [0.15, 0.2) is 62.4 Å². The van der Waals surface area contributed by atoms with Gasteiger partial charge in [-0.1, -0.05) is 36.4 Å². The Labute approximate surface area is 143 Å². The average molecular weight is 369 g/mol. The van der Waals surface area contributed by atoms with E-state index in [0.29, 0.717) is 0 Å². The second kappa shape index (κ2) is 6.20. The van der Waals surface area contributed by atoms with E-state index in [-0.39, 0.29) is 0 Å². The zero-order valence-electron chi connectivity index (χ0n) is 12.7. The molecular formula is C19H17BrN2O. The highest BCUT2D eigenvalue weighted by molar-refractivity contribution is 9.10. The molecule has 1 fully saturated rings. The maximum atomic E-state index is 5.96. The van der Waals surface area contributed by atoms with Gasteiger partial charge in [-0.25, -0.2) is 0 Å². The average Bonchev–Trinajstić information content (AvgIpc) is 3.22. The van der Waals surface area contributed by atoms with Gasteiger partial charge in [0.05, 0.1) is 16.4 Å². The van der Waals surface area contributed by atoms with Gasteiger partial charge in [0.15, 0.2) is 0 Å². The topological polar surface area (TPSA) is 28.7 Å². The Kier molecular flexibility index (Phi) is 3.92. The maximum absolute atomic E-state index is 5.96. The van der Waals surface area contributed by atoms with E-state index < -0.39 is 0 Å². The Morgan fingerprint density at radius 2 is 1.83 bits per heavy atom. The summed E-state index contributed by atoms with van der Waals surface area (Å²) in [6.45, 7) is 2.12. The molecule has 0 spiro atoms. The summed E-state index contributed by atoms with van der Waals surface area (Å²) in [5.41, 5.74) is 0.957. The first kappa shape index (κ1) is 14.5. The fourth-order valence-corrected chi connectivity index (χ4v) is 3.59. The Bertz CT molecular complexity index is 857. The maximum Gasteiger partial charge on any atom is 0.210 e. The molecule has 4 heteroatoms. The Hall–Kier alpha value is -2.07. The molecule has 0 radical (unpaired) electrons. The predicted molar refractivity (Wildman–Crippen MR) is 99.1 cm³/mol. The monoisotopic (exact) mass is 368 g/mol. The molecule has 1 aliphatic rings. The number of furan rings is 1. The van der Waals surface area contributed by atoms with Crippen molar-refractivity contribution in [2.24, 2.45) is 4.99 Å². The molecular weight excluding hydrogens is 352 g/mol. The Balaban J connectivity index is 1.64. The first-order valence-corrected chi connectivity index (χ1v) is 8.67.